The van der Waals surface area contributed by atoms with Crippen molar-refractivity contribution < 1.29 is 9.53 Å². The molecule has 0 bridgehead atoms. The summed E-state index contributed by atoms with van der Waals surface area (Å²) in [5.41, 5.74) is 1.71. The van der Waals surface area contributed by atoms with Gasteiger partial charge in [0.05, 0.1) is 12.8 Å². The van der Waals surface area contributed by atoms with E-state index in [2.05, 4.69) is 17.6 Å². The van der Waals surface area contributed by atoms with E-state index in [4.69, 9.17) is 4.74 Å². The number of rotatable bonds is 10. The van der Waals surface area contributed by atoms with Gasteiger partial charge in [-0.1, -0.05) is 39.0 Å². The molecule has 0 fully saturated rings. The fraction of sp³-hybridized carbons (Fsp3) is 0.588. The predicted molar refractivity (Wildman–Crippen MR) is 89.2 cm³/mol. The molecular formula is C17H28N2O2. The zero-order chi connectivity index (χ0) is 15.5. The van der Waals surface area contributed by atoms with Gasteiger partial charge in [0.15, 0.2) is 0 Å². The molecule has 0 heterocycles. The van der Waals surface area contributed by atoms with Crippen LogP contribution >= 0.6 is 0 Å². The summed E-state index contributed by atoms with van der Waals surface area (Å²) in [7, 11) is 1.66. The van der Waals surface area contributed by atoms with Crippen molar-refractivity contribution >= 4 is 17.3 Å². The van der Waals surface area contributed by atoms with Crippen LogP contribution in [0.15, 0.2) is 18.2 Å². The molecule has 0 spiro atoms. The zero-order valence-corrected chi connectivity index (χ0v) is 13.5. The number of carbonyl (C=O) groups is 1. The molecule has 0 atom stereocenters. The highest BCUT2D eigenvalue weighted by molar-refractivity contribution is 5.89. The smallest absolute Gasteiger partial charge is 0.221 e. The third kappa shape index (κ3) is 7.02. The van der Waals surface area contributed by atoms with Gasteiger partial charge in [-0.3, -0.25) is 4.79 Å². The molecular weight excluding hydrogens is 264 g/mol. The largest absolute Gasteiger partial charge is 0.495 e. The van der Waals surface area contributed by atoms with Crippen LogP contribution < -0.4 is 15.4 Å². The van der Waals surface area contributed by atoms with Crippen LogP contribution in [0.4, 0.5) is 11.4 Å². The van der Waals surface area contributed by atoms with Gasteiger partial charge in [-0.05, 0) is 24.6 Å². The summed E-state index contributed by atoms with van der Waals surface area (Å²) in [5.74, 6) is 0.733. The zero-order valence-electron chi connectivity index (χ0n) is 13.5. The molecule has 118 valence electrons. The van der Waals surface area contributed by atoms with Crippen LogP contribution in [0.3, 0.4) is 0 Å². The summed E-state index contributed by atoms with van der Waals surface area (Å²) in [6.45, 7) is 4.66. The van der Waals surface area contributed by atoms with Crippen LogP contribution in [-0.2, 0) is 4.79 Å². The molecule has 0 aromatic heterocycles. The van der Waals surface area contributed by atoms with Crippen molar-refractivity contribution in [1.29, 1.82) is 0 Å². The van der Waals surface area contributed by atoms with Gasteiger partial charge in [0.25, 0.3) is 0 Å². The number of hydrogen-bond acceptors (Lipinski definition) is 3. The fourth-order valence-corrected chi connectivity index (χ4v) is 2.26. The summed E-state index contributed by atoms with van der Waals surface area (Å²) in [4.78, 5) is 11.1. The van der Waals surface area contributed by atoms with E-state index >= 15 is 0 Å². The number of unbranched alkanes of at least 4 members (excludes halogenated alkanes) is 5. The van der Waals surface area contributed by atoms with E-state index in [9.17, 15) is 4.79 Å². The van der Waals surface area contributed by atoms with Crippen LogP contribution in [0.25, 0.3) is 0 Å². The molecule has 21 heavy (non-hydrogen) atoms. The van der Waals surface area contributed by atoms with Crippen molar-refractivity contribution in [1.82, 2.24) is 0 Å². The normalized spacial score (nSPS) is 10.2. The lowest BCUT2D eigenvalue weighted by Gasteiger charge is -2.13. The summed E-state index contributed by atoms with van der Waals surface area (Å²) in [5, 5.41) is 6.18. The monoisotopic (exact) mass is 292 g/mol. The molecule has 0 aliphatic carbocycles. The minimum absolute atomic E-state index is 0.0676. The maximum atomic E-state index is 11.1. The van der Waals surface area contributed by atoms with Gasteiger partial charge in [0, 0.05) is 19.2 Å². The Morgan fingerprint density at radius 3 is 2.52 bits per heavy atom. The summed E-state index contributed by atoms with van der Waals surface area (Å²) in [6.07, 6.45) is 7.65. The van der Waals surface area contributed by atoms with Crippen molar-refractivity contribution in [2.45, 2.75) is 52.4 Å². The molecule has 0 unspecified atom stereocenters. The third-order valence-electron chi connectivity index (χ3n) is 3.37. The average Bonchev–Trinajstić information content (AvgIpc) is 2.46. The van der Waals surface area contributed by atoms with Crippen LogP contribution in [-0.4, -0.2) is 19.6 Å². The first-order valence-corrected chi connectivity index (χ1v) is 7.87. The van der Waals surface area contributed by atoms with Crippen LogP contribution in [0.2, 0.25) is 0 Å². The van der Waals surface area contributed by atoms with Gasteiger partial charge in [-0.2, -0.15) is 0 Å². The average molecular weight is 292 g/mol. The Bertz CT molecular complexity index is 433. The van der Waals surface area contributed by atoms with E-state index < -0.39 is 0 Å². The maximum absolute atomic E-state index is 11.1. The minimum atomic E-state index is -0.0676. The Hall–Kier alpha value is -1.71. The molecule has 2 N–H and O–H groups in total. The Morgan fingerprint density at radius 1 is 1.14 bits per heavy atom. The summed E-state index contributed by atoms with van der Waals surface area (Å²) < 4.78 is 5.34. The van der Waals surface area contributed by atoms with E-state index in [-0.39, 0.29) is 5.91 Å². The maximum Gasteiger partial charge on any atom is 0.221 e. The van der Waals surface area contributed by atoms with Crippen molar-refractivity contribution in [3.05, 3.63) is 18.2 Å². The number of hydrogen-bond donors (Lipinski definition) is 2. The fourth-order valence-electron chi connectivity index (χ4n) is 2.26. The van der Waals surface area contributed by atoms with E-state index in [0.29, 0.717) is 0 Å². The first-order valence-electron chi connectivity index (χ1n) is 7.87. The van der Waals surface area contributed by atoms with Gasteiger partial charge in [0.2, 0.25) is 5.91 Å². The Kier molecular flexibility index (Phi) is 8.32. The Morgan fingerprint density at radius 2 is 1.86 bits per heavy atom. The van der Waals surface area contributed by atoms with E-state index in [1.165, 1.54) is 39.0 Å². The van der Waals surface area contributed by atoms with Crippen molar-refractivity contribution in [3.8, 4) is 5.75 Å². The number of amides is 1. The second-order valence-electron chi connectivity index (χ2n) is 5.29. The molecule has 0 aliphatic rings. The van der Waals surface area contributed by atoms with Gasteiger partial charge in [-0.25, -0.2) is 0 Å². The van der Waals surface area contributed by atoms with Gasteiger partial charge < -0.3 is 15.4 Å². The number of nitrogens with one attached hydrogen (secondary N) is 2. The van der Waals surface area contributed by atoms with E-state index in [0.717, 1.165) is 30.1 Å². The van der Waals surface area contributed by atoms with E-state index in [1.807, 2.05) is 18.2 Å². The molecule has 0 saturated heterocycles. The lowest BCUT2D eigenvalue weighted by atomic mass is 10.1. The van der Waals surface area contributed by atoms with Crippen molar-refractivity contribution in [2.75, 3.05) is 24.3 Å². The lowest BCUT2D eigenvalue weighted by molar-refractivity contribution is -0.114. The van der Waals surface area contributed by atoms with E-state index in [1.54, 1.807) is 7.11 Å². The highest BCUT2D eigenvalue weighted by atomic mass is 16.5. The Labute approximate surface area is 128 Å². The molecule has 0 radical (unpaired) electrons. The SMILES string of the molecule is CCCCCCCCNc1cc(NC(C)=O)ccc1OC. The number of anilines is 2. The van der Waals surface area contributed by atoms with Crippen LogP contribution in [0.1, 0.15) is 52.4 Å². The molecule has 1 aromatic carbocycles. The van der Waals surface area contributed by atoms with Crippen LogP contribution in [0, 0.1) is 0 Å². The Balaban J connectivity index is 2.42. The first kappa shape index (κ1) is 17.3. The summed E-state index contributed by atoms with van der Waals surface area (Å²) in [6, 6.07) is 5.63. The minimum Gasteiger partial charge on any atom is -0.495 e. The predicted octanol–water partition coefficient (Wildman–Crippen LogP) is 4.43. The number of ether oxygens (including phenoxy) is 1. The molecule has 1 aromatic rings. The lowest BCUT2D eigenvalue weighted by Crippen LogP contribution is -2.08. The third-order valence-corrected chi connectivity index (χ3v) is 3.37. The number of methoxy groups -OCH3 is 1. The van der Waals surface area contributed by atoms with Gasteiger partial charge >= 0.3 is 0 Å². The molecule has 4 nitrogen and oxygen atoms in total. The molecule has 1 amide bonds. The second kappa shape index (κ2) is 10.1. The molecule has 4 heteroatoms. The summed E-state index contributed by atoms with van der Waals surface area (Å²) >= 11 is 0. The van der Waals surface area contributed by atoms with Gasteiger partial charge in [0.1, 0.15) is 5.75 Å². The molecule has 1 rings (SSSR count). The molecule has 0 saturated carbocycles. The topological polar surface area (TPSA) is 50.4 Å². The van der Waals surface area contributed by atoms with Crippen LogP contribution in [0.5, 0.6) is 5.75 Å². The second-order valence-corrected chi connectivity index (χ2v) is 5.29. The first-order chi connectivity index (χ1) is 10.2. The quantitative estimate of drug-likeness (QED) is 0.627. The number of benzene rings is 1. The highest BCUT2D eigenvalue weighted by Gasteiger charge is 2.05. The highest BCUT2D eigenvalue weighted by Crippen LogP contribution is 2.27. The van der Waals surface area contributed by atoms with Crippen molar-refractivity contribution in [3.63, 3.8) is 0 Å². The molecule has 0 aliphatic heterocycles. The van der Waals surface area contributed by atoms with Gasteiger partial charge in [-0.15, -0.1) is 0 Å². The standard InChI is InChI=1S/C17H28N2O2/c1-4-5-6-7-8-9-12-18-16-13-15(19-14(2)20)10-11-17(16)21-3/h10-11,13,18H,4-9,12H2,1-3H3,(H,19,20). The number of carbonyl (C=O) groups excluding carboxylic acids is 1. The van der Waals surface area contributed by atoms with Crippen molar-refractivity contribution in [2.24, 2.45) is 0 Å².